The minimum Gasteiger partial charge on any atom is -0.493 e. The first-order chi connectivity index (χ1) is 10.3. The van der Waals surface area contributed by atoms with E-state index in [0.717, 1.165) is 12.2 Å². The summed E-state index contributed by atoms with van der Waals surface area (Å²) in [7, 11) is 0. The molecule has 0 saturated carbocycles. The molecule has 1 atom stereocenters. The van der Waals surface area contributed by atoms with Gasteiger partial charge in [0.15, 0.2) is 0 Å². The van der Waals surface area contributed by atoms with Crippen LogP contribution >= 0.6 is 0 Å². The van der Waals surface area contributed by atoms with Gasteiger partial charge in [-0.15, -0.1) is 0 Å². The Morgan fingerprint density at radius 1 is 1.38 bits per heavy atom. The largest absolute Gasteiger partial charge is 0.493 e. The average Bonchev–Trinajstić information content (AvgIpc) is 3.04. The molecule has 5 nitrogen and oxygen atoms in total. The van der Waals surface area contributed by atoms with Crippen LogP contribution < -0.4 is 10.1 Å². The number of aromatic nitrogens is 2. The molecule has 5 heteroatoms. The highest BCUT2D eigenvalue weighted by molar-refractivity contribution is 5.75. The molecule has 1 aromatic heterocycles. The summed E-state index contributed by atoms with van der Waals surface area (Å²) in [6.07, 6.45) is 4.98. The van der Waals surface area contributed by atoms with Gasteiger partial charge in [0.1, 0.15) is 5.75 Å². The van der Waals surface area contributed by atoms with Crippen molar-refractivity contribution in [3.63, 3.8) is 0 Å². The summed E-state index contributed by atoms with van der Waals surface area (Å²) in [6.45, 7) is 1.94. The van der Waals surface area contributed by atoms with E-state index in [1.807, 2.05) is 30.5 Å². The quantitative estimate of drug-likeness (QED) is 0.908. The lowest BCUT2D eigenvalue weighted by molar-refractivity contribution is -0.121. The molecule has 0 fully saturated rings. The summed E-state index contributed by atoms with van der Waals surface area (Å²) in [5, 5.41) is 7.07. The van der Waals surface area contributed by atoms with Crippen molar-refractivity contribution in [2.45, 2.75) is 19.4 Å². The average molecular weight is 285 g/mol. The minimum atomic E-state index is 0.0596. The Morgan fingerprint density at radius 3 is 3.14 bits per heavy atom. The van der Waals surface area contributed by atoms with E-state index in [-0.39, 0.29) is 5.91 Å². The van der Waals surface area contributed by atoms with Crippen molar-refractivity contribution in [2.75, 3.05) is 13.2 Å². The molecule has 0 spiro atoms. The summed E-state index contributed by atoms with van der Waals surface area (Å²) >= 11 is 0. The number of aryl methyl sites for hydroxylation is 1. The van der Waals surface area contributed by atoms with E-state index < -0.39 is 0 Å². The highest BCUT2D eigenvalue weighted by Crippen LogP contribution is 2.26. The molecule has 0 bridgehead atoms. The summed E-state index contributed by atoms with van der Waals surface area (Å²) in [4.78, 5) is 11.8. The fourth-order valence-electron chi connectivity index (χ4n) is 2.52. The lowest BCUT2D eigenvalue weighted by atomic mass is 9.97. The van der Waals surface area contributed by atoms with Gasteiger partial charge in [-0.25, -0.2) is 0 Å². The maximum absolute atomic E-state index is 11.8. The smallest absolute Gasteiger partial charge is 0.221 e. The fraction of sp³-hybridized carbons (Fsp3) is 0.375. The van der Waals surface area contributed by atoms with Crippen LogP contribution in [-0.2, 0) is 17.8 Å². The first-order valence-corrected chi connectivity index (χ1v) is 7.26. The molecule has 2 aromatic rings. The summed E-state index contributed by atoms with van der Waals surface area (Å²) in [5.41, 5.74) is 1.22. The summed E-state index contributed by atoms with van der Waals surface area (Å²) < 4.78 is 7.49. The number of benzene rings is 1. The van der Waals surface area contributed by atoms with Crippen LogP contribution in [0.4, 0.5) is 0 Å². The normalized spacial score (nSPS) is 16.9. The van der Waals surface area contributed by atoms with E-state index in [9.17, 15) is 4.79 Å². The predicted octanol–water partition coefficient (Wildman–Crippen LogP) is 1.64. The van der Waals surface area contributed by atoms with Gasteiger partial charge >= 0.3 is 0 Å². The Morgan fingerprint density at radius 2 is 2.29 bits per heavy atom. The molecule has 110 valence electrons. The van der Waals surface area contributed by atoms with E-state index in [1.54, 1.807) is 10.9 Å². The van der Waals surface area contributed by atoms with E-state index in [1.165, 1.54) is 5.56 Å². The zero-order valence-electron chi connectivity index (χ0n) is 11.9. The molecule has 1 amide bonds. The topological polar surface area (TPSA) is 56.2 Å². The maximum atomic E-state index is 11.8. The molecule has 0 saturated heterocycles. The van der Waals surface area contributed by atoms with Gasteiger partial charge in [0.05, 0.1) is 6.61 Å². The Balaban J connectivity index is 1.42. The van der Waals surface area contributed by atoms with Crippen LogP contribution in [0.2, 0.25) is 0 Å². The number of carbonyl (C=O) groups excluding carboxylic acids is 1. The van der Waals surface area contributed by atoms with E-state index in [4.69, 9.17) is 4.74 Å². The number of rotatable bonds is 5. The lowest BCUT2D eigenvalue weighted by Crippen LogP contribution is -2.35. The molecule has 1 aliphatic heterocycles. The number of nitrogens with zero attached hydrogens (tertiary/aromatic N) is 2. The monoisotopic (exact) mass is 285 g/mol. The third-order valence-corrected chi connectivity index (χ3v) is 3.67. The van der Waals surface area contributed by atoms with Crippen LogP contribution in [0.3, 0.4) is 0 Å². The number of amides is 1. The van der Waals surface area contributed by atoms with Crippen LogP contribution in [0.25, 0.3) is 0 Å². The number of nitrogens with one attached hydrogen (secondary N) is 1. The molecular weight excluding hydrogens is 266 g/mol. The first-order valence-electron chi connectivity index (χ1n) is 7.26. The summed E-state index contributed by atoms with van der Waals surface area (Å²) in [6, 6.07) is 9.94. The molecule has 21 heavy (non-hydrogen) atoms. The van der Waals surface area contributed by atoms with Gasteiger partial charge in [-0.2, -0.15) is 5.10 Å². The van der Waals surface area contributed by atoms with Crippen LogP contribution in [0, 0.1) is 5.92 Å². The molecule has 2 heterocycles. The molecule has 0 unspecified atom stereocenters. The molecule has 0 radical (unpaired) electrons. The van der Waals surface area contributed by atoms with Crippen LogP contribution in [0.5, 0.6) is 5.75 Å². The standard InChI is InChI=1S/C16H19N3O2/c20-16(6-9-19-8-3-7-18-19)17-11-13-10-14-4-1-2-5-15(14)21-12-13/h1-5,7-8,13H,6,9-12H2,(H,17,20)/t13-/m1/s1. The Kier molecular flexibility index (Phi) is 4.19. The Labute approximate surface area is 123 Å². The molecule has 1 aromatic carbocycles. The zero-order valence-corrected chi connectivity index (χ0v) is 11.9. The number of hydrogen-bond donors (Lipinski definition) is 1. The Hall–Kier alpha value is -2.30. The van der Waals surface area contributed by atoms with Crippen LogP contribution in [0.15, 0.2) is 42.7 Å². The highest BCUT2D eigenvalue weighted by atomic mass is 16.5. The fourth-order valence-corrected chi connectivity index (χ4v) is 2.52. The predicted molar refractivity (Wildman–Crippen MR) is 79.0 cm³/mol. The second-order valence-electron chi connectivity index (χ2n) is 5.31. The molecule has 1 N–H and O–H groups in total. The van der Waals surface area contributed by atoms with Gasteiger partial charge < -0.3 is 10.1 Å². The maximum Gasteiger partial charge on any atom is 0.221 e. The van der Waals surface area contributed by atoms with Gasteiger partial charge in [0.25, 0.3) is 0 Å². The van der Waals surface area contributed by atoms with Crippen molar-refractivity contribution in [3.05, 3.63) is 48.3 Å². The lowest BCUT2D eigenvalue weighted by Gasteiger charge is -2.25. The van der Waals surface area contributed by atoms with E-state index >= 15 is 0 Å². The molecular formula is C16H19N3O2. The SMILES string of the molecule is O=C(CCn1cccn1)NC[C@@H]1COc2ccccc2C1. The van der Waals surface area contributed by atoms with Gasteiger partial charge in [-0.1, -0.05) is 18.2 Å². The number of hydrogen-bond acceptors (Lipinski definition) is 3. The summed E-state index contributed by atoms with van der Waals surface area (Å²) in [5.74, 6) is 1.37. The molecule has 0 aliphatic carbocycles. The number of para-hydroxylation sites is 1. The van der Waals surface area contributed by atoms with Crippen molar-refractivity contribution in [2.24, 2.45) is 5.92 Å². The number of fused-ring (bicyclic) bond motifs is 1. The van der Waals surface area contributed by atoms with Crippen LogP contribution in [0.1, 0.15) is 12.0 Å². The number of carbonyl (C=O) groups is 1. The minimum absolute atomic E-state index is 0.0596. The van der Waals surface area contributed by atoms with Gasteiger partial charge in [-0.05, 0) is 24.1 Å². The second kappa shape index (κ2) is 6.43. The van der Waals surface area contributed by atoms with Crippen LogP contribution in [-0.4, -0.2) is 28.8 Å². The zero-order chi connectivity index (χ0) is 14.5. The highest BCUT2D eigenvalue weighted by Gasteiger charge is 2.19. The van der Waals surface area contributed by atoms with Gasteiger partial charge in [-0.3, -0.25) is 9.48 Å². The molecule has 1 aliphatic rings. The Bertz CT molecular complexity index is 595. The van der Waals surface area contributed by atoms with Crippen molar-refractivity contribution in [3.8, 4) is 5.75 Å². The van der Waals surface area contributed by atoms with Gasteiger partial charge in [0.2, 0.25) is 5.91 Å². The van der Waals surface area contributed by atoms with Gasteiger partial charge in [0, 0.05) is 37.8 Å². The number of ether oxygens (including phenoxy) is 1. The third kappa shape index (κ3) is 3.62. The van der Waals surface area contributed by atoms with Crippen molar-refractivity contribution >= 4 is 5.91 Å². The van der Waals surface area contributed by atoms with Crippen molar-refractivity contribution in [1.29, 1.82) is 0 Å². The van der Waals surface area contributed by atoms with Crippen molar-refractivity contribution in [1.82, 2.24) is 15.1 Å². The first kappa shape index (κ1) is 13.7. The second-order valence-corrected chi connectivity index (χ2v) is 5.31. The van der Waals surface area contributed by atoms with Crippen molar-refractivity contribution < 1.29 is 9.53 Å². The third-order valence-electron chi connectivity index (χ3n) is 3.67. The molecule has 3 rings (SSSR count). The van der Waals surface area contributed by atoms with E-state index in [0.29, 0.717) is 32.0 Å². The van der Waals surface area contributed by atoms with E-state index in [2.05, 4.69) is 16.5 Å².